The van der Waals surface area contributed by atoms with Crippen molar-refractivity contribution >= 4 is 12.7 Å². The summed E-state index contributed by atoms with van der Waals surface area (Å²) in [6, 6.07) is 2.58. The van der Waals surface area contributed by atoms with Crippen molar-refractivity contribution in [1.82, 2.24) is 4.98 Å². The van der Waals surface area contributed by atoms with E-state index < -0.39 is 13.5 Å². The lowest BCUT2D eigenvalue weighted by atomic mass is 9.80. The van der Waals surface area contributed by atoms with E-state index in [9.17, 15) is 13.2 Å². The van der Waals surface area contributed by atoms with Gasteiger partial charge in [-0.05, 0) is 12.1 Å². The average Bonchev–Trinajstić information content (AvgIpc) is 2.28. The molecule has 1 saturated heterocycles. The second kappa shape index (κ2) is 5.01. The van der Waals surface area contributed by atoms with Crippen LogP contribution in [-0.2, 0) is 9.31 Å². The highest BCUT2D eigenvalue weighted by molar-refractivity contribution is 6.60. The van der Waals surface area contributed by atoms with Gasteiger partial charge in [-0.15, -0.1) is 13.2 Å². The number of nitrogens with zero attached hydrogens (tertiary/aromatic N) is 1. The van der Waals surface area contributed by atoms with E-state index in [1.165, 1.54) is 12.1 Å². The largest absolute Gasteiger partial charge is 0.573 e. The molecule has 0 unspecified atom stereocenters. The third kappa shape index (κ3) is 4.10. The summed E-state index contributed by atoms with van der Waals surface area (Å²) in [5.41, 5.74) is 0.348. The van der Waals surface area contributed by atoms with Gasteiger partial charge in [0.1, 0.15) is 5.75 Å². The minimum atomic E-state index is -4.72. The van der Waals surface area contributed by atoms with Crippen LogP contribution in [0.4, 0.5) is 13.2 Å². The van der Waals surface area contributed by atoms with E-state index >= 15 is 0 Å². The summed E-state index contributed by atoms with van der Waals surface area (Å²) in [4.78, 5) is 3.86. The highest BCUT2D eigenvalue weighted by atomic mass is 19.4. The first-order valence-corrected chi connectivity index (χ1v) is 5.70. The molecule has 4 nitrogen and oxygen atoms in total. The van der Waals surface area contributed by atoms with E-state index in [1.54, 1.807) is 0 Å². The number of pyridine rings is 1. The van der Waals surface area contributed by atoms with Crippen molar-refractivity contribution in [3.8, 4) is 5.75 Å². The number of hydrogen-bond donors (Lipinski definition) is 0. The van der Waals surface area contributed by atoms with Crippen LogP contribution < -0.4 is 10.3 Å². The zero-order valence-electron chi connectivity index (χ0n) is 10.5. The van der Waals surface area contributed by atoms with Crippen molar-refractivity contribution in [3.63, 3.8) is 0 Å². The Kier molecular flexibility index (Phi) is 3.73. The van der Waals surface area contributed by atoms with Crippen LogP contribution in [0.25, 0.3) is 0 Å². The van der Waals surface area contributed by atoms with Crippen LogP contribution in [-0.4, -0.2) is 31.7 Å². The van der Waals surface area contributed by atoms with Crippen molar-refractivity contribution < 1.29 is 27.2 Å². The second-order valence-corrected chi connectivity index (χ2v) is 5.08. The third-order valence-corrected chi connectivity index (χ3v) is 2.49. The molecule has 0 spiro atoms. The minimum absolute atomic E-state index is 0.0736. The summed E-state index contributed by atoms with van der Waals surface area (Å²) in [6.45, 7) is 4.99. The summed E-state index contributed by atoms with van der Waals surface area (Å²) in [7, 11) is -0.645. The molecule has 0 bridgehead atoms. The Bertz CT molecular complexity index is 426. The monoisotopic (exact) mass is 275 g/mol. The maximum absolute atomic E-state index is 12.0. The Morgan fingerprint density at radius 3 is 2.37 bits per heavy atom. The minimum Gasteiger partial charge on any atom is -0.406 e. The fourth-order valence-corrected chi connectivity index (χ4v) is 1.59. The molecule has 2 heterocycles. The van der Waals surface area contributed by atoms with Crippen LogP contribution in [0.15, 0.2) is 18.3 Å². The molecule has 1 aromatic rings. The normalized spacial score (nSPS) is 19.3. The van der Waals surface area contributed by atoms with Gasteiger partial charge in [0.2, 0.25) is 0 Å². The van der Waals surface area contributed by atoms with E-state index in [0.717, 1.165) is 6.20 Å². The van der Waals surface area contributed by atoms with Crippen molar-refractivity contribution in [3.05, 3.63) is 18.3 Å². The van der Waals surface area contributed by atoms with Crippen LogP contribution in [0.2, 0.25) is 0 Å². The summed E-state index contributed by atoms with van der Waals surface area (Å²) < 4.78 is 50.6. The molecule has 0 aromatic carbocycles. The zero-order chi connectivity index (χ0) is 14.1. The zero-order valence-corrected chi connectivity index (χ0v) is 10.5. The highest BCUT2D eigenvalue weighted by Gasteiger charge is 2.35. The molecule has 2 rings (SSSR count). The Labute approximate surface area is 109 Å². The maximum Gasteiger partial charge on any atom is 0.573 e. The van der Waals surface area contributed by atoms with E-state index in [0.29, 0.717) is 18.8 Å². The van der Waals surface area contributed by atoms with Gasteiger partial charge >= 0.3 is 13.5 Å². The second-order valence-electron chi connectivity index (χ2n) is 5.08. The third-order valence-electron chi connectivity index (χ3n) is 2.49. The maximum atomic E-state index is 12.0. The van der Waals surface area contributed by atoms with Gasteiger partial charge in [-0.2, -0.15) is 0 Å². The SMILES string of the molecule is CC1(C)COB(c2ccc(OC(F)(F)F)cn2)OC1. The predicted octanol–water partition coefficient (Wildman–Crippen LogP) is 1.75. The molecule has 104 valence electrons. The Balaban J connectivity index is 1.99. The average molecular weight is 275 g/mol. The highest BCUT2D eigenvalue weighted by Crippen LogP contribution is 2.23. The van der Waals surface area contributed by atoms with Crippen molar-refractivity contribution in [2.75, 3.05) is 13.2 Å². The van der Waals surface area contributed by atoms with Gasteiger partial charge in [0.05, 0.1) is 11.8 Å². The Morgan fingerprint density at radius 2 is 1.89 bits per heavy atom. The molecule has 0 atom stereocenters. The lowest BCUT2D eigenvalue weighted by molar-refractivity contribution is -0.274. The molecular formula is C11H13BF3NO3. The quantitative estimate of drug-likeness (QED) is 0.771. The fraction of sp³-hybridized carbons (Fsp3) is 0.545. The Morgan fingerprint density at radius 1 is 1.26 bits per heavy atom. The van der Waals surface area contributed by atoms with Crippen molar-refractivity contribution in [2.24, 2.45) is 5.41 Å². The Hall–Kier alpha value is -1.28. The topological polar surface area (TPSA) is 40.6 Å². The van der Waals surface area contributed by atoms with Gasteiger partial charge in [-0.3, -0.25) is 4.98 Å². The summed E-state index contributed by atoms with van der Waals surface area (Å²) in [6.07, 6.45) is -3.72. The molecular weight excluding hydrogens is 262 g/mol. The molecule has 0 saturated carbocycles. The molecule has 1 aliphatic heterocycles. The van der Waals surface area contributed by atoms with Gasteiger partial charge < -0.3 is 14.0 Å². The van der Waals surface area contributed by atoms with E-state index in [4.69, 9.17) is 9.31 Å². The fourth-order valence-electron chi connectivity index (χ4n) is 1.59. The summed E-state index contributed by atoms with van der Waals surface area (Å²) in [5.74, 6) is -0.368. The molecule has 1 aliphatic rings. The summed E-state index contributed by atoms with van der Waals surface area (Å²) in [5, 5.41) is 0. The number of hydrogen-bond acceptors (Lipinski definition) is 4. The van der Waals surface area contributed by atoms with Crippen LogP contribution in [0.3, 0.4) is 0 Å². The molecule has 1 fully saturated rings. The molecule has 0 N–H and O–H groups in total. The smallest absolute Gasteiger partial charge is 0.406 e. The first-order valence-electron chi connectivity index (χ1n) is 5.70. The predicted molar refractivity (Wildman–Crippen MR) is 62.0 cm³/mol. The molecule has 0 amide bonds. The van der Waals surface area contributed by atoms with Crippen LogP contribution in [0.1, 0.15) is 13.8 Å². The van der Waals surface area contributed by atoms with Crippen LogP contribution in [0.5, 0.6) is 5.75 Å². The molecule has 19 heavy (non-hydrogen) atoms. The van der Waals surface area contributed by atoms with Gasteiger partial charge in [0.25, 0.3) is 0 Å². The molecule has 1 aromatic heterocycles. The number of rotatable bonds is 2. The van der Waals surface area contributed by atoms with Crippen molar-refractivity contribution in [2.45, 2.75) is 20.2 Å². The lowest BCUT2D eigenvalue weighted by Crippen LogP contribution is -2.48. The van der Waals surface area contributed by atoms with Gasteiger partial charge in [-0.25, -0.2) is 0 Å². The lowest BCUT2D eigenvalue weighted by Gasteiger charge is -2.32. The van der Waals surface area contributed by atoms with Gasteiger partial charge in [0.15, 0.2) is 0 Å². The number of halogens is 3. The van der Waals surface area contributed by atoms with Crippen LogP contribution in [0, 0.1) is 5.41 Å². The van der Waals surface area contributed by atoms with Crippen LogP contribution >= 0.6 is 0 Å². The molecule has 0 radical (unpaired) electrons. The number of aromatic nitrogens is 1. The van der Waals surface area contributed by atoms with Gasteiger partial charge in [0, 0.05) is 18.6 Å². The standard InChI is InChI=1S/C11H13BF3NO3/c1-10(2)6-17-12(18-7-10)9-4-3-8(5-16-9)19-11(13,14)15/h3-5H,6-7H2,1-2H3. The number of ether oxygens (including phenoxy) is 1. The first-order chi connectivity index (χ1) is 8.75. The van der Waals surface area contributed by atoms with E-state index in [2.05, 4.69) is 9.72 Å². The van der Waals surface area contributed by atoms with Gasteiger partial charge in [-0.1, -0.05) is 13.8 Å². The van der Waals surface area contributed by atoms with Crippen molar-refractivity contribution in [1.29, 1.82) is 0 Å². The molecule has 8 heteroatoms. The first kappa shape index (κ1) is 14.1. The number of alkyl halides is 3. The van der Waals surface area contributed by atoms with E-state index in [-0.39, 0.29) is 11.2 Å². The van der Waals surface area contributed by atoms with E-state index in [1.807, 2.05) is 13.8 Å². The summed E-state index contributed by atoms with van der Waals surface area (Å²) >= 11 is 0. The molecule has 0 aliphatic carbocycles.